The van der Waals surface area contributed by atoms with E-state index in [0.29, 0.717) is 5.56 Å². The highest BCUT2D eigenvalue weighted by atomic mass is 35.5. The van der Waals surface area contributed by atoms with Crippen LogP contribution in [0.3, 0.4) is 0 Å². The van der Waals surface area contributed by atoms with Gasteiger partial charge in [0, 0.05) is 0 Å². The van der Waals surface area contributed by atoms with Gasteiger partial charge in [-0.1, -0.05) is 17.7 Å². The summed E-state index contributed by atoms with van der Waals surface area (Å²) < 4.78 is 38.7. The Bertz CT molecular complexity index is 990. The van der Waals surface area contributed by atoms with Crippen molar-refractivity contribution < 1.29 is 28.2 Å². The van der Waals surface area contributed by atoms with Gasteiger partial charge in [-0.15, -0.1) is 0 Å². The second kappa shape index (κ2) is 7.16. The number of nitrogens with zero attached hydrogens (tertiary/aromatic N) is 1. The van der Waals surface area contributed by atoms with Crippen LogP contribution in [0.5, 0.6) is 11.5 Å². The van der Waals surface area contributed by atoms with E-state index in [1.807, 2.05) is 0 Å². The second-order valence-corrected chi connectivity index (χ2v) is 6.83. The number of thioether (sulfide) groups is 1. The number of alkyl halides is 3. The first-order valence-electron chi connectivity index (χ1n) is 7.32. The van der Waals surface area contributed by atoms with E-state index in [4.69, 9.17) is 11.6 Å². The molecule has 1 heterocycles. The first-order chi connectivity index (χ1) is 12.6. The quantitative estimate of drug-likeness (QED) is 0.493. The summed E-state index contributed by atoms with van der Waals surface area (Å²) >= 11 is 6.50. The van der Waals surface area contributed by atoms with Crippen molar-refractivity contribution in [1.82, 2.24) is 5.32 Å². The highest BCUT2D eigenvalue weighted by Crippen LogP contribution is 2.37. The fourth-order valence-electron chi connectivity index (χ4n) is 2.18. The molecular formula is C17H10ClF3N2O3S. The molecule has 0 bridgehead atoms. The van der Waals surface area contributed by atoms with Gasteiger partial charge in [0.25, 0.3) is 5.91 Å². The Morgan fingerprint density at radius 2 is 1.85 bits per heavy atom. The fraction of sp³-hybridized carbons (Fsp3) is 0.0588. The van der Waals surface area contributed by atoms with E-state index in [1.165, 1.54) is 30.3 Å². The van der Waals surface area contributed by atoms with Gasteiger partial charge in [0.05, 0.1) is 21.2 Å². The molecule has 0 radical (unpaired) electrons. The van der Waals surface area contributed by atoms with E-state index < -0.39 is 22.7 Å². The summed E-state index contributed by atoms with van der Waals surface area (Å²) in [7, 11) is 0. The molecule has 0 unspecified atom stereocenters. The molecule has 0 saturated carbocycles. The number of aliphatic imine (C=N–C) groups is 1. The predicted molar refractivity (Wildman–Crippen MR) is 97.0 cm³/mol. The maximum absolute atomic E-state index is 12.9. The van der Waals surface area contributed by atoms with Crippen LogP contribution in [-0.2, 0) is 11.0 Å². The number of phenolic OH excluding ortho intramolecular Hbond substituents is 2. The number of carbonyl (C=O) groups is 1. The maximum Gasteiger partial charge on any atom is 0.417 e. The molecule has 3 N–H and O–H groups in total. The number of hydrogen-bond donors (Lipinski definition) is 3. The molecule has 1 aliphatic heterocycles. The van der Waals surface area contributed by atoms with Gasteiger partial charge in [-0.3, -0.25) is 4.79 Å². The van der Waals surface area contributed by atoms with Crippen molar-refractivity contribution >= 4 is 46.2 Å². The molecule has 0 aliphatic carbocycles. The normalized spacial score (nSPS) is 17.6. The summed E-state index contributed by atoms with van der Waals surface area (Å²) in [6.45, 7) is 0. The van der Waals surface area contributed by atoms with E-state index in [9.17, 15) is 28.2 Å². The van der Waals surface area contributed by atoms with E-state index in [-0.39, 0.29) is 27.3 Å². The third-order valence-corrected chi connectivity index (χ3v) is 4.67. The van der Waals surface area contributed by atoms with Crippen LogP contribution in [0.4, 0.5) is 18.9 Å². The largest absolute Gasteiger partial charge is 0.504 e. The molecular weight excluding hydrogens is 405 g/mol. The smallest absolute Gasteiger partial charge is 0.417 e. The van der Waals surface area contributed by atoms with Crippen molar-refractivity contribution in [3.8, 4) is 11.5 Å². The molecule has 1 saturated heterocycles. The third-order valence-electron chi connectivity index (χ3n) is 3.43. The average Bonchev–Trinajstić information content (AvgIpc) is 2.91. The molecule has 140 valence electrons. The average molecular weight is 415 g/mol. The third kappa shape index (κ3) is 4.37. The molecule has 0 aromatic heterocycles. The number of amides is 1. The zero-order chi connectivity index (χ0) is 19.8. The van der Waals surface area contributed by atoms with Gasteiger partial charge < -0.3 is 15.5 Å². The molecule has 0 atom stereocenters. The molecule has 27 heavy (non-hydrogen) atoms. The minimum Gasteiger partial charge on any atom is -0.504 e. The molecule has 3 rings (SSSR count). The number of carbonyl (C=O) groups excluding carboxylic acids is 1. The fourth-order valence-corrected chi connectivity index (χ4v) is 3.25. The van der Waals surface area contributed by atoms with Gasteiger partial charge in [0.15, 0.2) is 16.7 Å². The van der Waals surface area contributed by atoms with Crippen LogP contribution in [-0.4, -0.2) is 21.3 Å². The maximum atomic E-state index is 12.9. The summed E-state index contributed by atoms with van der Waals surface area (Å²) in [5.41, 5.74) is -0.580. The zero-order valence-corrected chi connectivity index (χ0v) is 14.8. The first-order valence-corrected chi connectivity index (χ1v) is 8.51. The lowest BCUT2D eigenvalue weighted by molar-refractivity contribution is -0.137. The van der Waals surface area contributed by atoms with Gasteiger partial charge >= 0.3 is 6.18 Å². The Balaban J connectivity index is 1.87. The molecule has 0 spiro atoms. The molecule has 1 amide bonds. The van der Waals surface area contributed by atoms with Crippen molar-refractivity contribution in [2.75, 3.05) is 0 Å². The van der Waals surface area contributed by atoms with Crippen molar-refractivity contribution in [1.29, 1.82) is 0 Å². The van der Waals surface area contributed by atoms with Crippen LogP contribution in [0, 0.1) is 0 Å². The molecule has 2 aromatic rings. The zero-order valence-electron chi connectivity index (χ0n) is 13.2. The van der Waals surface area contributed by atoms with Gasteiger partial charge in [-0.05, 0) is 53.7 Å². The Hall–Kier alpha value is -2.65. The minimum atomic E-state index is -4.62. The van der Waals surface area contributed by atoms with Crippen LogP contribution in [0.25, 0.3) is 6.08 Å². The summed E-state index contributed by atoms with van der Waals surface area (Å²) in [5, 5.41) is 20.9. The monoisotopic (exact) mass is 414 g/mol. The number of aromatic hydroxyl groups is 2. The molecule has 1 aliphatic rings. The van der Waals surface area contributed by atoms with Crippen LogP contribution in [0.2, 0.25) is 5.02 Å². The van der Waals surface area contributed by atoms with Crippen molar-refractivity contribution in [3.05, 3.63) is 57.5 Å². The Morgan fingerprint density at radius 1 is 1.11 bits per heavy atom. The number of phenols is 2. The van der Waals surface area contributed by atoms with Gasteiger partial charge in [-0.2, -0.15) is 13.2 Å². The standard InChI is InChI=1S/C17H10ClF3N2O3S/c18-11-3-2-9(7-10(11)17(19,20)21)22-16-23-15(26)14(27-16)6-8-1-4-12(24)13(25)5-8/h1-7,24-25H,(H,22,23,26). The number of hydrogen-bond acceptors (Lipinski definition) is 5. The van der Waals surface area contributed by atoms with Crippen molar-refractivity contribution in [3.63, 3.8) is 0 Å². The number of halogens is 4. The number of rotatable bonds is 2. The lowest BCUT2D eigenvalue weighted by Gasteiger charge is -2.09. The van der Waals surface area contributed by atoms with Crippen molar-refractivity contribution in [2.24, 2.45) is 4.99 Å². The minimum absolute atomic E-state index is 0.0157. The van der Waals surface area contributed by atoms with Crippen LogP contribution in [0.15, 0.2) is 46.3 Å². The summed E-state index contributed by atoms with van der Waals surface area (Å²) in [6.07, 6.45) is -3.17. The SMILES string of the molecule is O=C1NC(=Nc2ccc(Cl)c(C(F)(F)F)c2)SC1=Cc1ccc(O)c(O)c1. The summed E-state index contributed by atoms with van der Waals surface area (Å²) in [6, 6.07) is 7.19. The summed E-state index contributed by atoms with van der Waals surface area (Å²) in [4.78, 5) is 16.2. The van der Waals surface area contributed by atoms with Gasteiger partial charge in [0.1, 0.15) is 0 Å². The first kappa shape index (κ1) is 19.1. The van der Waals surface area contributed by atoms with Crippen LogP contribution >= 0.6 is 23.4 Å². The second-order valence-electron chi connectivity index (χ2n) is 5.39. The highest BCUT2D eigenvalue weighted by Gasteiger charge is 2.33. The summed E-state index contributed by atoms with van der Waals surface area (Å²) in [5.74, 6) is -1.13. The molecule has 5 nitrogen and oxygen atoms in total. The Labute approximate surface area is 160 Å². The highest BCUT2D eigenvalue weighted by molar-refractivity contribution is 8.18. The van der Waals surface area contributed by atoms with E-state index in [1.54, 1.807) is 0 Å². The predicted octanol–water partition coefficient (Wildman–Crippen LogP) is 4.66. The topological polar surface area (TPSA) is 81.9 Å². The lowest BCUT2D eigenvalue weighted by Crippen LogP contribution is -2.19. The number of amidine groups is 1. The number of benzene rings is 2. The van der Waals surface area contributed by atoms with E-state index in [0.717, 1.165) is 23.9 Å². The molecule has 10 heteroatoms. The van der Waals surface area contributed by atoms with Crippen molar-refractivity contribution in [2.45, 2.75) is 6.18 Å². The van der Waals surface area contributed by atoms with E-state index in [2.05, 4.69) is 10.3 Å². The van der Waals surface area contributed by atoms with Gasteiger partial charge in [0.2, 0.25) is 0 Å². The van der Waals surface area contributed by atoms with Crippen LogP contribution in [0.1, 0.15) is 11.1 Å². The molecule has 2 aromatic carbocycles. The van der Waals surface area contributed by atoms with Gasteiger partial charge in [-0.25, -0.2) is 4.99 Å². The van der Waals surface area contributed by atoms with Crippen LogP contribution < -0.4 is 5.32 Å². The van der Waals surface area contributed by atoms with E-state index >= 15 is 0 Å². The Morgan fingerprint density at radius 3 is 2.52 bits per heavy atom. The number of nitrogens with one attached hydrogen (secondary N) is 1. The Kier molecular flexibility index (Phi) is 5.07. The lowest BCUT2D eigenvalue weighted by atomic mass is 10.2. The molecule has 1 fully saturated rings.